The van der Waals surface area contributed by atoms with Gasteiger partial charge in [-0.05, 0) is 37.8 Å². The summed E-state index contributed by atoms with van der Waals surface area (Å²) in [6.45, 7) is 7.89. The van der Waals surface area contributed by atoms with E-state index in [0.717, 1.165) is 24.7 Å². The van der Waals surface area contributed by atoms with Crippen molar-refractivity contribution in [1.82, 2.24) is 4.98 Å². The van der Waals surface area contributed by atoms with Gasteiger partial charge < -0.3 is 15.8 Å². The van der Waals surface area contributed by atoms with E-state index in [1.807, 2.05) is 19.1 Å². The molecule has 0 radical (unpaired) electrons. The fourth-order valence-electron chi connectivity index (χ4n) is 1.53. The van der Waals surface area contributed by atoms with Crippen molar-refractivity contribution in [2.75, 3.05) is 24.2 Å². The van der Waals surface area contributed by atoms with Gasteiger partial charge >= 0.3 is 0 Å². The predicted molar refractivity (Wildman–Crippen MR) is 72.4 cm³/mol. The molecule has 3 N–H and O–H groups in total. The van der Waals surface area contributed by atoms with Crippen molar-refractivity contribution < 1.29 is 4.74 Å². The van der Waals surface area contributed by atoms with Gasteiger partial charge in [0, 0.05) is 6.54 Å². The Morgan fingerprint density at radius 2 is 2.18 bits per heavy atom. The topological polar surface area (TPSA) is 60.2 Å². The summed E-state index contributed by atoms with van der Waals surface area (Å²) in [7, 11) is 0. The third kappa shape index (κ3) is 4.93. The molecule has 0 aliphatic rings. The van der Waals surface area contributed by atoms with E-state index < -0.39 is 0 Å². The number of pyridine rings is 1. The minimum Gasteiger partial charge on any atom is -0.476 e. The third-order valence-electron chi connectivity index (χ3n) is 2.44. The summed E-state index contributed by atoms with van der Waals surface area (Å²) < 4.78 is 5.35. The standard InChI is InChI=1S/C13H23N3O/c1-4-17-13-11(14)7-8-12(16-13)15-9-5-6-10(2)3/h7-8,10H,4-6,9,14H2,1-3H3,(H,15,16). The molecule has 1 aromatic heterocycles. The number of nitrogens with two attached hydrogens (primary N) is 1. The molecule has 0 saturated heterocycles. The van der Waals surface area contributed by atoms with E-state index in [2.05, 4.69) is 24.1 Å². The lowest BCUT2D eigenvalue weighted by Crippen LogP contribution is -2.06. The number of aromatic nitrogens is 1. The molecule has 1 rings (SSSR count). The van der Waals surface area contributed by atoms with Crippen LogP contribution in [0.4, 0.5) is 11.5 Å². The summed E-state index contributed by atoms with van der Waals surface area (Å²) in [5.74, 6) is 2.09. The van der Waals surface area contributed by atoms with Crippen molar-refractivity contribution in [2.24, 2.45) is 5.92 Å². The van der Waals surface area contributed by atoms with Crippen molar-refractivity contribution in [3.8, 4) is 5.88 Å². The monoisotopic (exact) mass is 237 g/mol. The molecule has 96 valence electrons. The number of nitrogen functional groups attached to an aromatic ring is 1. The van der Waals surface area contributed by atoms with Crippen LogP contribution in [0.25, 0.3) is 0 Å². The number of ether oxygens (including phenoxy) is 1. The van der Waals surface area contributed by atoms with Crippen LogP contribution in [0.5, 0.6) is 5.88 Å². The number of hydrogen-bond acceptors (Lipinski definition) is 4. The Bertz CT molecular complexity index is 339. The molecule has 1 heterocycles. The van der Waals surface area contributed by atoms with Gasteiger partial charge in [-0.25, -0.2) is 0 Å². The number of nitrogens with one attached hydrogen (secondary N) is 1. The zero-order valence-corrected chi connectivity index (χ0v) is 11.0. The fourth-order valence-corrected chi connectivity index (χ4v) is 1.53. The van der Waals surface area contributed by atoms with Crippen LogP contribution in [0.2, 0.25) is 0 Å². The van der Waals surface area contributed by atoms with Crippen molar-refractivity contribution in [3.05, 3.63) is 12.1 Å². The highest BCUT2D eigenvalue weighted by Gasteiger charge is 2.03. The molecule has 0 atom stereocenters. The van der Waals surface area contributed by atoms with E-state index in [0.29, 0.717) is 18.2 Å². The van der Waals surface area contributed by atoms with Crippen LogP contribution in [0.3, 0.4) is 0 Å². The normalized spacial score (nSPS) is 10.6. The van der Waals surface area contributed by atoms with Crippen LogP contribution >= 0.6 is 0 Å². The van der Waals surface area contributed by atoms with Gasteiger partial charge in [0.1, 0.15) is 5.82 Å². The van der Waals surface area contributed by atoms with Crippen LogP contribution in [0.1, 0.15) is 33.6 Å². The highest BCUT2D eigenvalue weighted by molar-refractivity contribution is 5.53. The Hall–Kier alpha value is -1.45. The average molecular weight is 237 g/mol. The molecule has 0 aromatic carbocycles. The predicted octanol–water partition coefficient (Wildman–Crippen LogP) is 2.91. The Balaban J connectivity index is 2.45. The second kappa shape index (κ2) is 6.99. The minimum absolute atomic E-state index is 0.515. The van der Waals surface area contributed by atoms with Crippen molar-refractivity contribution in [2.45, 2.75) is 33.6 Å². The maximum atomic E-state index is 5.75. The Kier molecular flexibility index (Phi) is 5.60. The molecular formula is C13H23N3O. The highest BCUT2D eigenvalue weighted by Crippen LogP contribution is 2.20. The van der Waals surface area contributed by atoms with Crippen LogP contribution < -0.4 is 15.8 Å². The fraction of sp³-hybridized carbons (Fsp3) is 0.615. The largest absolute Gasteiger partial charge is 0.476 e. The van der Waals surface area contributed by atoms with Crippen LogP contribution in [-0.2, 0) is 0 Å². The first-order valence-electron chi connectivity index (χ1n) is 6.26. The summed E-state index contributed by atoms with van der Waals surface area (Å²) in [5, 5.41) is 3.28. The molecule has 4 heteroatoms. The third-order valence-corrected chi connectivity index (χ3v) is 2.44. The lowest BCUT2D eigenvalue weighted by atomic mass is 10.1. The molecule has 0 bridgehead atoms. The smallest absolute Gasteiger partial charge is 0.239 e. The van der Waals surface area contributed by atoms with Gasteiger partial charge in [0.15, 0.2) is 0 Å². The molecule has 0 aliphatic heterocycles. The van der Waals surface area contributed by atoms with Crippen LogP contribution in [0, 0.1) is 5.92 Å². The summed E-state index contributed by atoms with van der Waals surface area (Å²) in [4.78, 5) is 4.32. The van der Waals surface area contributed by atoms with Crippen molar-refractivity contribution >= 4 is 11.5 Å². The molecule has 0 amide bonds. The molecule has 0 unspecified atom stereocenters. The zero-order chi connectivity index (χ0) is 12.7. The van der Waals surface area contributed by atoms with Gasteiger partial charge in [-0.3, -0.25) is 0 Å². The van der Waals surface area contributed by atoms with E-state index in [-0.39, 0.29) is 0 Å². The number of rotatable bonds is 7. The van der Waals surface area contributed by atoms with Crippen molar-refractivity contribution in [3.63, 3.8) is 0 Å². The van der Waals surface area contributed by atoms with Gasteiger partial charge in [0.05, 0.1) is 12.3 Å². The maximum Gasteiger partial charge on any atom is 0.239 e. The Labute approximate surface area is 104 Å². The summed E-state index contributed by atoms with van der Waals surface area (Å²) in [5.41, 5.74) is 6.34. The van der Waals surface area contributed by atoms with E-state index in [1.54, 1.807) is 0 Å². The lowest BCUT2D eigenvalue weighted by Gasteiger charge is -2.10. The average Bonchev–Trinajstić information content (AvgIpc) is 2.28. The Morgan fingerprint density at radius 1 is 1.41 bits per heavy atom. The molecule has 0 spiro atoms. The summed E-state index contributed by atoms with van der Waals surface area (Å²) in [6, 6.07) is 3.70. The SMILES string of the molecule is CCOc1nc(NCCCC(C)C)ccc1N. The van der Waals surface area contributed by atoms with Gasteiger partial charge in [0.25, 0.3) is 0 Å². The van der Waals surface area contributed by atoms with Gasteiger partial charge in [-0.15, -0.1) is 0 Å². The second-order valence-electron chi connectivity index (χ2n) is 4.49. The minimum atomic E-state index is 0.515. The van der Waals surface area contributed by atoms with Gasteiger partial charge in [0.2, 0.25) is 5.88 Å². The first kappa shape index (κ1) is 13.6. The quantitative estimate of drug-likeness (QED) is 0.716. The number of hydrogen-bond donors (Lipinski definition) is 2. The van der Waals surface area contributed by atoms with Gasteiger partial charge in [-0.1, -0.05) is 13.8 Å². The first-order chi connectivity index (χ1) is 8.13. The second-order valence-corrected chi connectivity index (χ2v) is 4.49. The molecular weight excluding hydrogens is 214 g/mol. The molecule has 0 aliphatic carbocycles. The van der Waals surface area contributed by atoms with E-state index in [1.165, 1.54) is 6.42 Å². The highest BCUT2D eigenvalue weighted by atomic mass is 16.5. The van der Waals surface area contributed by atoms with E-state index in [4.69, 9.17) is 10.5 Å². The van der Waals surface area contributed by atoms with Gasteiger partial charge in [-0.2, -0.15) is 4.98 Å². The molecule has 4 nitrogen and oxygen atoms in total. The zero-order valence-electron chi connectivity index (χ0n) is 11.0. The number of nitrogens with zero attached hydrogens (tertiary/aromatic N) is 1. The first-order valence-corrected chi connectivity index (χ1v) is 6.26. The molecule has 17 heavy (non-hydrogen) atoms. The summed E-state index contributed by atoms with van der Waals surface area (Å²) in [6.07, 6.45) is 2.37. The Morgan fingerprint density at radius 3 is 2.82 bits per heavy atom. The molecule has 1 aromatic rings. The van der Waals surface area contributed by atoms with E-state index >= 15 is 0 Å². The number of anilines is 2. The van der Waals surface area contributed by atoms with Crippen LogP contribution in [0.15, 0.2) is 12.1 Å². The lowest BCUT2D eigenvalue weighted by molar-refractivity contribution is 0.329. The summed E-state index contributed by atoms with van der Waals surface area (Å²) >= 11 is 0. The van der Waals surface area contributed by atoms with Crippen LogP contribution in [-0.4, -0.2) is 18.1 Å². The maximum absolute atomic E-state index is 5.75. The van der Waals surface area contributed by atoms with E-state index in [9.17, 15) is 0 Å². The molecule has 0 saturated carbocycles. The van der Waals surface area contributed by atoms with Crippen molar-refractivity contribution in [1.29, 1.82) is 0 Å². The molecule has 0 fully saturated rings.